The first-order valence-electron chi connectivity index (χ1n) is 4.89. The van der Waals surface area contributed by atoms with Gasteiger partial charge in [0, 0.05) is 17.9 Å². The number of hydrogen-bond donors (Lipinski definition) is 0. The van der Waals surface area contributed by atoms with E-state index in [2.05, 4.69) is 0 Å². The highest BCUT2D eigenvalue weighted by atomic mass is 32.1. The third-order valence-electron chi connectivity index (χ3n) is 2.24. The van der Waals surface area contributed by atoms with E-state index < -0.39 is 0 Å². The maximum absolute atomic E-state index is 11.7. The zero-order chi connectivity index (χ0) is 11.7. The summed E-state index contributed by atoms with van der Waals surface area (Å²) < 4.78 is 7.19. The fraction of sp³-hybridized carbons (Fsp3) is 0.273. The Hall–Kier alpha value is -1.62. The second kappa shape index (κ2) is 4.09. The van der Waals surface area contributed by atoms with Crippen LogP contribution in [0.15, 0.2) is 23.1 Å². The van der Waals surface area contributed by atoms with E-state index >= 15 is 0 Å². The molecule has 84 valence electrons. The second-order valence-electron chi connectivity index (χ2n) is 3.34. The molecule has 0 aliphatic rings. The zero-order valence-corrected chi connectivity index (χ0v) is 9.84. The van der Waals surface area contributed by atoms with Gasteiger partial charge in [-0.3, -0.25) is 4.79 Å². The Balaban J connectivity index is 2.56. The van der Waals surface area contributed by atoms with Gasteiger partial charge in [0.05, 0.1) is 12.0 Å². The number of carbonyl (C=O) groups excluding carboxylic acids is 1. The largest absolute Gasteiger partial charge is 0.462 e. The Morgan fingerprint density at radius 3 is 3.00 bits per heavy atom. The summed E-state index contributed by atoms with van der Waals surface area (Å²) >= 11 is 1.28. The number of nitrogens with zero attached hydrogens (tertiary/aromatic N) is 1. The molecule has 4 nitrogen and oxygen atoms in total. The van der Waals surface area contributed by atoms with Crippen molar-refractivity contribution in [1.29, 1.82) is 0 Å². The molecule has 0 unspecified atom stereocenters. The molecule has 0 fully saturated rings. The second-order valence-corrected chi connectivity index (χ2v) is 4.42. The third kappa shape index (κ3) is 1.74. The molecule has 0 saturated heterocycles. The first kappa shape index (κ1) is 10.9. The standard InChI is InChI=1S/C11H11NO3S/c1-3-15-11(14)9-6-7-8(16-9)4-5-12(2)10(7)13/h4-6H,3H2,1-2H3. The Morgan fingerprint density at radius 1 is 1.56 bits per heavy atom. The van der Waals surface area contributed by atoms with Crippen molar-refractivity contribution < 1.29 is 9.53 Å². The van der Waals surface area contributed by atoms with Crippen molar-refractivity contribution in [2.75, 3.05) is 6.61 Å². The average molecular weight is 237 g/mol. The van der Waals surface area contributed by atoms with E-state index in [-0.39, 0.29) is 11.5 Å². The highest BCUT2D eigenvalue weighted by molar-refractivity contribution is 7.20. The lowest BCUT2D eigenvalue weighted by molar-refractivity contribution is 0.0532. The predicted octanol–water partition coefficient (Wildman–Crippen LogP) is 1.78. The number of fused-ring (bicyclic) bond motifs is 1. The number of pyridine rings is 1. The maximum atomic E-state index is 11.7. The normalized spacial score (nSPS) is 10.6. The molecular formula is C11H11NO3S. The van der Waals surface area contributed by atoms with Gasteiger partial charge in [-0.25, -0.2) is 4.79 Å². The number of thiophene rings is 1. The van der Waals surface area contributed by atoms with Gasteiger partial charge in [-0.2, -0.15) is 0 Å². The molecule has 0 atom stereocenters. The van der Waals surface area contributed by atoms with E-state index in [1.54, 1.807) is 26.2 Å². The Kier molecular flexibility index (Phi) is 2.78. The molecule has 2 heterocycles. The minimum Gasteiger partial charge on any atom is -0.462 e. The summed E-state index contributed by atoms with van der Waals surface area (Å²) in [6.45, 7) is 2.09. The molecule has 0 aliphatic carbocycles. The van der Waals surface area contributed by atoms with E-state index in [9.17, 15) is 9.59 Å². The average Bonchev–Trinajstić information content (AvgIpc) is 2.69. The number of aryl methyl sites for hydroxylation is 1. The molecule has 2 aromatic rings. The van der Waals surface area contributed by atoms with Gasteiger partial charge >= 0.3 is 5.97 Å². The summed E-state index contributed by atoms with van der Waals surface area (Å²) in [5.74, 6) is -0.370. The van der Waals surface area contributed by atoms with Crippen LogP contribution in [0.2, 0.25) is 0 Å². The van der Waals surface area contributed by atoms with Crippen LogP contribution in [0.4, 0.5) is 0 Å². The van der Waals surface area contributed by atoms with Gasteiger partial charge in [0.2, 0.25) is 0 Å². The van der Waals surface area contributed by atoms with Gasteiger partial charge in [-0.15, -0.1) is 11.3 Å². The van der Waals surface area contributed by atoms with Crippen LogP contribution in [-0.4, -0.2) is 17.1 Å². The lowest BCUT2D eigenvalue weighted by atomic mass is 10.3. The number of rotatable bonds is 2. The molecule has 0 saturated carbocycles. The summed E-state index contributed by atoms with van der Waals surface area (Å²) in [6.07, 6.45) is 1.69. The third-order valence-corrected chi connectivity index (χ3v) is 3.32. The van der Waals surface area contributed by atoms with Gasteiger partial charge in [0.15, 0.2) is 0 Å². The molecule has 0 N–H and O–H groups in total. The van der Waals surface area contributed by atoms with Gasteiger partial charge in [-0.1, -0.05) is 0 Å². The van der Waals surface area contributed by atoms with Crippen LogP contribution in [0.5, 0.6) is 0 Å². The van der Waals surface area contributed by atoms with E-state index in [0.717, 1.165) is 4.70 Å². The minimum absolute atomic E-state index is 0.0932. The van der Waals surface area contributed by atoms with E-state index in [1.807, 2.05) is 6.07 Å². The summed E-state index contributed by atoms with van der Waals surface area (Å²) in [5.41, 5.74) is -0.0932. The molecule has 0 spiro atoms. The highest BCUT2D eigenvalue weighted by Gasteiger charge is 2.12. The summed E-state index contributed by atoms with van der Waals surface area (Å²) in [7, 11) is 1.68. The topological polar surface area (TPSA) is 48.3 Å². The molecule has 5 heteroatoms. The van der Waals surface area contributed by atoms with Crippen molar-refractivity contribution in [3.8, 4) is 0 Å². The first-order chi connectivity index (χ1) is 7.63. The van der Waals surface area contributed by atoms with Crippen LogP contribution in [0, 0.1) is 0 Å². The van der Waals surface area contributed by atoms with Crippen molar-refractivity contribution in [3.05, 3.63) is 33.6 Å². The molecule has 16 heavy (non-hydrogen) atoms. The predicted molar refractivity (Wildman–Crippen MR) is 63.0 cm³/mol. The van der Waals surface area contributed by atoms with Crippen molar-refractivity contribution in [2.45, 2.75) is 6.92 Å². The summed E-state index contributed by atoms with van der Waals surface area (Å²) in [4.78, 5) is 23.7. The number of ether oxygens (including phenoxy) is 1. The van der Waals surface area contributed by atoms with Crippen LogP contribution in [0.1, 0.15) is 16.6 Å². The minimum atomic E-state index is -0.370. The SMILES string of the molecule is CCOC(=O)c1cc2c(=O)n(C)ccc2s1. The van der Waals surface area contributed by atoms with Gasteiger partial charge in [0.25, 0.3) is 5.56 Å². The zero-order valence-electron chi connectivity index (χ0n) is 9.02. The van der Waals surface area contributed by atoms with Crippen LogP contribution >= 0.6 is 11.3 Å². The Morgan fingerprint density at radius 2 is 2.31 bits per heavy atom. The number of esters is 1. The molecular weight excluding hydrogens is 226 g/mol. The molecule has 2 aromatic heterocycles. The highest BCUT2D eigenvalue weighted by Crippen LogP contribution is 2.23. The molecule has 0 radical (unpaired) electrons. The summed E-state index contributed by atoms with van der Waals surface area (Å²) in [5, 5.41) is 0.568. The van der Waals surface area contributed by atoms with Crippen LogP contribution in [0.3, 0.4) is 0 Å². The monoisotopic (exact) mass is 237 g/mol. The molecule has 0 bridgehead atoms. The number of hydrogen-bond acceptors (Lipinski definition) is 4. The van der Waals surface area contributed by atoms with Crippen LogP contribution < -0.4 is 5.56 Å². The van der Waals surface area contributed by atoms with Crippen molar-refractivity contribution in [1.82, 2.24) is 4.57 Å². The van der Waals surface area contributed by atoms with Crippen LogP contribution in [0.25, 0.3) is 10.1 Å². The number of aromatic nitrogens is 1. The molecule has 0 aromatic carbocycles. The van der Waals surface area contributed by atoms with Crippen molar-refractivity contribution in [2.24, 2.45) is 7.05 Å². The number of carbonyl (C=O) groups is 1. The van der Waals surface area contributed by atoms with E-state index in [0.29, 0.717) is 16.9 Å². The Labute approximate surface area is 96.1 Å². The molecule has 2 rings (SSSR count). The van der Waals surface area contributed by atoms with Gasteiger partial charge in [-0.05, 0) is 19.1 Å². The molecule has 0 amide bonds. The molecule has 0 aliphatic heterocycles. The summed E-state index contributed by atoms with van der Waals surface area (Å²) in [6, 6.07) is 3.42. The maximum Gasteiger partial charge on any atom is 0.348 e. The van der Waals surface area contributed by atoms with Crippen LogP contribution in [-0.2, 0) is 11.8 Å². The van der Waals surface area contributed by atoms with Gasteiger partial charge in [0.1, 0.15) is 4.88 Å². The van der Waals surface area contributed by atoms with Crippen molar-refractivity contribution in [3.63, 3.8) is 0 Å². The van der Waals surface area contributed by atoms with Crippen molar-refractivity contribution >= 4 is 27.4 Å². The van der Waals surface area contributed by atoms with E-state index in [4.69, 9.17) is 4.74 Å². The first-order valence-corrected chi connectivity index (χ1v) is 5.71. The quantitative estimate of drug-likeness (QED) is 0.748. The fourth-order valence-electron chi connectivity index (χ4n) is 1.44. The fourth-order valence-corrected chi connectivity index (χ4v) is 2.38. The Bertz CT molecular complexity index is 597. The lowest BCUT2D eigenvalue weighted by Gasteiger charge is -1.95. The lowest BCUT2D eigenvalue weighted by Crippen LogP contribution is -2.14. The smallest absolute Gasteiger partial charge is 0.348 e. The van der Waals surface area contributed by atoms with E-state index in [1.165, 1.54) is 15.9 Å². The van der Waals surface area contributed by atoms with Gasteiger partial charge < -0.3 is 9.30 Å².